The average molecular weight is 333 g/mol. The second-order valence-corrected chi connectivity index (χ2v) is 4.97. The topological polar surface area (TPSA) is 71.4 Å². The standard InChI is InChI=1S/C15H9BrO4/c16-12-6-4-9(5-7-12)13(17)10-2-1-3-11(8-10)14(18)15(19)20/h1-8H,(H,19,20). The molecule has 0 aliphatic carbocycles. The van der Waals surface area contributed by atoms with Gasteiger partial charge in [0.05, 0.1) is 0 Å². The number of carbonyl (C=O) groups excluding carboxylic acids is 2. The third kappa shape index (κ3) is 3.00. The second-order valence-electron chi connectivity index (χ2n) is 4.05. The summed E-state index contributed by atoms with van der Waals surface area (Å²) in [6.07, 6.45) is 0. The van der Waals surface area contributed by atoms with Gasteiger partial charge in [-0.05, 0) is 30.3 Å². The molecule has 0 saturated heterocycles. The van der Waals surface area contributed by atoms with E-state index in [0.29, 0.717) is 5.56 Å². The first-order valence-electron chi connectivity index (χ1n) is 5.67. The van der Waals surface area contributed by atoms with E-state index < -0.39 is 11.8 Å². The van der Waals surface area contributed by atoms with E-state index in [2.05, 4.69) is 15.9 Å². The van der Waals surface area contributed by atoms with Gasteiger partial charge in [0.2, 0.25) is 0 Å². The summed E-state index contributed by atoms with van der Waals surface area (Å²) in [5, 5.41) is 8.67. The maximum Gasteiger partial charge on any atom is 0.377 e. The lowest BCUT2D eigenvalue weighted by Crippen LogP contribution is -2.13. The summed E-state index contributed by atoms with van der Waals surface area (Å²) in [4.78, 5) is 34.3. The highest BCUT2D eigenvalue weighted by molar-refractivity contribution is 9.10. The van der Waals surface area contributed by atoms with Gasteiger partial charge in [0, 0.05) is 21.2 Å². The van der Waals surface area contributed by atoms with Crippen LogP contribution in [0, 0.1) is 0 Å². The highest BCUT2D eigenvalue weighted by atomic mass is 79.9. The molecule has 0 aliphatic rings. The lowest BCUT2D eigenvalue weighted by Gasteiger charge is -2.03. The Morgan fingerprint density at radius 3 is 2.05 bits per heavy atom. The molecule has 0 radical (unpaired) electrons. The van der Waals surface area contributed by atoms with Crippen LogP contribution in [0.1, 0.15) is 26.3 Å². The van der Waals surface area contributed by atoms with E-state index in [-0.39, 0.29) is 16.9 Å². The maximum atomic E-state index is 12.2. The van der Waals surface area contributed by atoms with E-state index in [1.807, 2.05) is 0 Å². The molecule has 0 aliphatic heterocycles. The van der Waals surface area contributed by atoms with Gasteiger partial charge in [0.25, 0.3) is 5.78 Å². The third-order valence-corrected chi connectivity index (χ3v) is 3.22. The molecule has 5 heteroatoms. The van der Waals surface area contributed by atoms with Crippen molar-refractivity contribution in [1.29, 1.82) is 0 Å². The lowest BCUT2D eigenvalue weighted by atomic mass is 10.00. The van der Waals surface area contributed by atoms with Crippen molar-refractivity contribution >= 4 is 33.5 Å². The Hall–Kier alpha value is -2.27. The summed E-state index contributed by atoms with van der Waals surface area (Å²) >= 11 is 3.28. The summed E-state index contributed by atoms with van der Waals surface area (Å²) in [5.74, 6) is -2.84. The average Bonchev–Trinajstić information content (AvgIpc) is 2.46. The molecular weight excluding hydrogens is 324 g/mol. The first-order chi connectivity index (χ1) is 9.49. The van der Waals surface area contributed by atoms with Gasteiger partial charge in [-0.2, -0.15) is 0 Å². The molecule has 2 rings (SSSR count). The van der Waals surface area contributed by atoms with Crippen LogP contribution >= 0.6 is 15.9 Å². The van der Waals surface area contributed by atoms with E-state index in [4.69, 9.17) is 5.11 Å². The van der Waals surface area contributed by atoms with Crippen LogP contribution in [0.15, 0.2) is 53.0 Å². The minimum absolute atomic E-state index is 0.0135. The van der Waals surface area contributed by atoms with Crippen molar-refractivity contribution in [2.24, 2.45) is 0 Å². The number of carboxylic acids is 1. The number of carboxylic acid groups (broad SMARTS) is 1. The normalized spacial score (nSPS) is 10.1. The van der Waals surface area contributed by atoms with Crippen molar-refractivity contribution in [3.8, 4) is 0 Å². The molecule has 4 nitrogen and oxygen atoms in total. The van der Waals surface area contributed by atoms with Crippen LogP contribution < -0.4 is 0 Å². The number of aliphatic carboxylic acids is 1. The highest BCUT2D eigenvalue weighted by Crippen LogP contribution is 2.15. The Morgan fingerprint density at radius 2 is 1.45 bits per heavy atom. The van der Waals surface area contributed by atoms with Crippen LogP contribution in [0.25, 0.3) is 0 Å². The fourth-order valence-corrected chi connectivity index (χ4v) is 1.96. The molecule has 0 fully saturated rings. The largest absolute Gasteiger partial charge is 0.475 e. The van der Waals surface area contributed by atoms with Crippen molar-refractivity contribution in [1.82, 2.24) is 0 Å². The third-order valence-electron chi connectivity index (χ3n) is 2.69. The highest BCUT2D eigenvalue weighted by Gasteiger charge is 2.16. The first-order valence-corrected chi connectivity index (χ1v) is 6.46. The Bertz CT molecular complexity index is 689. The molecule has 0 atom stereocenters. The number of halogens is 1. The van der Waals surface area contributed by atoms with Crippen LogP contribution in [0.3, 0.4) is 0 Å². The second kappa shape index (κ2) is 5.79. The number of hydrogen-bond acceptors (Lipinski definition) is 3. The minimum Gasteiger partial charge on any atom is -0.475 e. The molecule has 0 saturated carbocycles. The number of hydrogen-bond donors (Lipinski definition) is 1. The first kappa shape index (κ1) is 14.1. The molecule has 1 N–H and O–H groups in total. The van der Waals surface area contributed by atoms with E-state index in [1.165, 1.54) is 18.2 Å². The van der Waals surface area contributed by atoms with Crippen molar-refractivity contribution in [2.75, 3.05) is 0 Å². The number of Topliss-reactive ketones (excluding diaryl/α,β-unsaturated/α-hetero) is 1. The Kier molecular flexibility index (Phi) is 4.10. The zero-order valence-electron chi connectivity index (χ0n) is 10.2. The molecule has 0 heterocycles. The molecular formula is C15H9BrO4. The molecule has 20 heavy (non-hydrogen) atoms. The van der Waals surface area contributed by atoms with Crippen LogP contribution in [0.5, 0.6) is 0 Å². The van der Waals surface area contributed by atoms with Crippen molar-refractivity contribution in [3.05, 3.63) is 69.7 Å². The summed E-state index contributed by atoms with van der Waals surface area (Å²) in [6, 6.07) is 12.5. The number of rotatable bonds is 4. The fourth-order valence-electron chi connectivity index (χ4n) is 1.69. The van der Waals surface area contributed by atoms with Crippen LogP contribution in [0.2, 0.25) is 0 Å². The molecule has 0 aromatic heterocycles. The summed E-state index contributed by atoms with van der Waals surface area (Å²) in [6.45, 7) is 0. The van der Waals surface area contributed by atoms with Crippen molar-refractivity contribution in [2.45, 2.75) is 0 Å². The summed E-state index contributed by atoms with van der Waals surface area (Å²) in [5.41, 5.74) is 0.730. The lowest BCUT2D eigenvalue weighted by molar-refractivity contribution is -0.131. The van der Waals surface area contributed by atoms with Gasteiger partial charge in [0.15, 0.2) is 5.78 Å². The van der Waals surface area contributed by atoms with Gasteiger partial charge < -0.3 is 5.11 Å². The van der Waals surface area contributed by atoms with Gasteiger partial charge >= 0.3 is 5.97 Å². The van der Waals surface area contributed by atoms with Gasteiger partial charge in [-0.15, -0.1) is 0 Å². The Balaban J connectivity index is 2.36. The number of ketones is 2. The van der Waals surface area contributed by atoms with E-state index in [0.717, 1.165) is 4.47 Å². The van der Waals surface area contributed by atoms with Gasteiger partial charge in [-0.25, -0.2) is 4.79 Å². The zero-order valence-corrected chi connectivity index (χ0v) is 11.8. The minimum atomic E-state index is -1.54. The summed E-state index contributed by atoms with van der Waals surface area (Å²) in [7, 11) is 0. The molecule has 2 aromatic carbocycles. The molecule has 0 spiro atoms. The van der Waals surface area contributed by atoms with E-state index in [1.54, 1.807) is 30.3 Å². The quantitative estimate of drug-likeness (QED) is 0.690. The van der Waals surface area contributed by atoms with Crippen LogP contribution in [-0.2, 0) is 4.79 Å². The van der Waals surface area contributed by atoms with Gasteiger partial charge in [-0.1, -0.05) is 34.1 Å². The van der Waals surface area contributed by atoms with Crippen LogP contribution in [0.4, 0.5) is 0 Å². The fraction of sp³-hybridized carbons (Fsp3) is 0. The predicted molar refractivity (Wildman–Crippen MR) is 76.0 cm³/mol. The van der Waals surface area contributed by atoms with Crippen molar-refractivity contribution in [3.63, 3.8) is 0 Å². The van der Waals surface area contributed by atoms with Crippen LogP contribution in [-0.4, -0.2) is 22.6 Å². The molecule has 0 unspecified atom stereocenters. The molecule has 0 amide bonds. The SMILES string of the molecule is O=C(O)C(=O)c1cccc(C(=O)c2ccc(Br)cc2)c1. The van der Waals surface area contributed by atoms with E-state index in [9.17, 15) is 14.4 Å². The zero-order chi connectivity index (χ0) is 14.7. The predicted octanol–water partition coefficient (Wildman–Crippen LogP) is 2.95. The molecule has 100 valence electrons. The summed E-state index contributed by atoms with van der Waals surface area (Å²) < 4.78 is 0.851. The monoisotopic (exact) mass is 332 g/mol. The van der Waals surface area contributed by atoms with Gasteiger partial charge in [-0.3, -0.25) is 9.59 Å². The van der Waals surface area contributed by atoms with Gasteiger partial charge in [0.1, 0.15) is 0 Å². The smallest absolute Gasteiger partial charge is 0.377 e. The maximum absolute atomic E-state index is 12.2. The number of carbonyl (C=O) groups is 3. The molecule has 0 bridgehead atoms. The Morgan fingerprint density at radius 1 is 0.850 bits per heavy atom. The van der Waals surface area contributed by atoms with Crippen molar-refractivity contribution < 1.29 is 19.5 Å². The molecule has 2 aromatic rings. The number of benzene rings is 2. The Labute approximate surface area is 123 Å². The van der Waals surface area contributed by atoms with E-state index >= 15 is 0 Å².